The molecule has 0 saturated heterocycles. The summed E-state index contributed by atoms with van der Waals surface area (Å²) in [4.78, 5) is 0. The molecule has 1 rings (SSSR count). The second-order valence-corrected chi connectivity index (χ2v) is 4.55. The van der Waals surface area contributed by atoms with E-state index in [1.807, 2.05) is 13.0 Å². The minimum absolute atomic E-state index is 0.0387. The Labute approximate surface area is 102 Å². The van der Waals surface area contributed by atoms with Crippen molar-refractivity contribution in [3.05, 3.63) is 28.2 Å². The van der Waals surface area contributed by atoms with Crippen molar-refractivity contribution < 1.29 is 13.5 Å². The van der Waals surface area contributed by atoms with Crippen LogP contribution in [-0.4, -0.2) is 19.1 Å². The SMILES string of the molecule is CC(N)Cc1cc(Br)ccc1OCC(F)F. The number of hydrogen-bond donors (Lipinski definition) is 1. The summed E-state index contributed by atoms with van der Waals surface area (Å²) in [6.07, 6.45) is -1.87. The molecule has 0 aliphatic heterocycles. The molecule has 1 unspecified atom stereocenters. The zero-order chi connectivity index (χ0) is 12.1. The molecule has 0 bridgehead atoms. The lowest BCUT2D eigenvalue weighted by Crippen LogP contribution is -2.19. The van der Waals surface area contributed by atoms with E-state index in [0.717, 1.165) is 10.0 Å². The van der Waals surface area contributed by atoms with Gasteiger partial charge in [-0.3, -0.25) is 0 Å². The maximum absolute atomic E-state index is 12.0. The molecule has 90 valence electrons. The Balaban J connectivity index is 2.80. The summed E-state index contributed by atoms with van der Waals surface area (Å²) in [5.74, 6) is 0.473. The van der Waals surface area contributed by atoms with Gasteiger partial charge in [0.1, 0.15) is 12.4 Å². The molecule has 0 fully saturated rings. The molecule has 0 aliphatic rings. The maximum atomic E-state index is 12.0. The zero-order valence-corrected chi connectivity index (χ0v) is 10.5. The minimum atomic E-state index is -2.47. The number of benzene rings is 1. The Bertz CT molecular complexity index is 345. The Morgan fingerprint density at radius 3 is 2.69 bits per heavy atom. The summed E-state index contributed by atoms with van der Waals surface area (Å²) in [7, 11) is 0. The van der Waals surface area contributed by atoms with E-state index in [1.165, 1.54) is 0 Å². The van der Waals surface area contributed by atoms with Crippen molar-refractivity contribution in [3.63, 3.8) is 0 Å². The van der Waals surface area contributed by atoms with Gasteiger partial charge in [-0.25, -0.2) is 8.78 Å². The first-order valence-electron chi connectivity index (χ1n) is 4.94. The van der Waals surface area contributed by atoms with Crippen LogP contribution in [0.1, 0.15) is 12.5 Å². The van der Waals surface area contributed by atoms with Crippen LogP contribution in [0.5, 0.6) is 5.75 Å². The zero-order valence-electron chi connectivity index (χ0n) is 8.92. The van der Waals surface area contributed by atoms with Gasteiger partial charge in [-0.2, -0.15) is 0 Å². The molecule has 0 saturated carbocycles. The molecule has 1 aromatic carbocycles. The van der Waals surface area contributed by atoms with Crippen LogP contribution in [0.4, 0.5) is 8.78 Å². The largest absolute Gasteiger partial charge is 0.487 e. The van der Waals surface area contributed by atoms with E-state index in [1.54, 1.807) is 12.1 Å². The van der Waals surface area contributed by atoms with Gasteiger partial charge in [0, 0.05) is 10.5 Å². The van der Waals surface area contributed by atoms with Crippen LogP contribution in [0.2, 0.25) is 0 Å². The van der Waals surface area contributed by atoms with E-state index >= 15 is 0 Å². The Morgan fingerprint density at radius 2 is 2.12 bits per heavy atom. The van der Waals surface area contributed by atoms with E-state index in [2.05, 4.69) is 15.9 Å². The molecule has 1 aromatic rings. The lowest BCUT2D eigenvalue weighted by atomic mass is 10.1. The minimum Gasteiger partial charge on any atom is -0.487 e. The molecule has 0 amide bonds. The number of alkyl halides is 2. The predicted octanol–water partition coefficient (Wildman–Crippen LogP) is 2.98. The van der Waals surface area contributed by atoms with Crippen LogP contribution in [0.25, 0.3) is 0 Å². The molecule has 0 aliphatic carbocycles. The Kier molecular flexibility index (Phi) is 5.15. The van der Waals surface area contributed by atoms with Crippen LogP contribution in [0.3, 0.4) is 0 Å². The molecule has 0 spiro atoms. The van der Waals surface area contributed by atoms with Crippen LogP contribution in [0, 0.1) is 0 Å². The van der Waals surface area contributed by atoms with Crippen molar-refractivity contribution in [1.29, 1.82) is 0 Å². The average Bonchev–Trinajstić information content (AvgIpc) is 2.15. The number of halogens is 3. The number of ether oxygens (including phenoxy) is 1. The third-order valence-corrected chi connectivity index (χ3v) is 2.42. The molecule has 0 radical (unpaired) electrons. The first-order chi connectivity index (χ1) is 7.49. The predicted molar refractivity (Wildman–Crippen MR) is 63.0 cm³/mol. The highest BCUT2D eigenvalue weighted by atomic mass is 79.9. The normalized spacial score (nSPS) is 12.9. The quantitative estimate of drug-likeness (QED) is 0.906. The number of hydrogen-bond acceptors (Lipinski definition) is 2. The summed E-state index contributed by atoms with van der Waals surface area (Å²) >= 11 is 3.32. The maximum Gasteiger partial charge on any atom is 0.272 e. The van der Waals surface area contributed by atoms with Crippen molar-refractivity contribution in [2.45, 2.75) is 25.8 Å². The lowest BCUT2D eigenvalue weighted by Gasteiger charge is -2.13. The summed E-state index contributed by atoms with van der Waals surface area (Å²) in [6.45, 7) is 1.27. The molecular formula is C11H14BrF2NO. The van der Waals surface area contributed by atoms with Gasteiger partial charge in [0.2, 0.25) is 0 Å². The average molecular weight is 294 g/mol. The third-order valence-electron chi connectivity index (χ3n) is 1.93. The molecule has 2 N–H and O–H groups in total. The van der Waals surface area contributed by atoms with Crippen LogP contribution in [0.15, 0.2) is 22.7 Å². The monoisotopic (exact) mass is 293 g/mol. The van der Waals surface area contributed by atoms with Crippen LogP contribution >= 0.6 is 15.9 Å². The van der Waals surface area contributed by atoms with Crippen molar-refractivity contribution in [3.8, 4) is 5.75 Å². The van der Waals surface area contributed by atoms with E-state index in [9.17, 15) is 8.78 Å². The van der Waals surface area contributed by atoms with Gasteiger partial charge in [-0.05, 0) is 37.1 Å². The van der Waals surface area contributed by atoms with Gasteiger partial charge in [0.15, 0.2) is 0 Å². The fourth-order valence-corrected chi connectivity index (χ4v) is 1.76. The van der Waals surface area contributed by atoms with Crippen molar-refractivity contribution >= 4 is 15.9 Å². The summed E-state index contributed by atoms with van der Waals surface area (Å²) in [5.41, 5.74) is 6.52. The third kappa shape index (κ3) is 4.45. The topological polar surface area (TPSA) is 35.2 Å². The van der Waals surface area contributed by atoms with Gasteiger partial charge in [0.25, 0.3) is 6.43 Å². The Morgan fingerprint density at radius 1 is 1.44 bits per heavy atom. The fourth-order valence-electron chi connectivity index (χ4n) is 1.35. The number of nitrogens with two attached hydrogens (primary N) is 1. The molecule has 0 aromatic heterocycles. The first-order valence-corrected chi connectivity index (χ1v) is 5.73. The second-order valence-electron chi connectivity index (χ2n) is 3.64. The van der Waals surface area contributed by atoms with Gasteiger partial charge < -0.3 is 10.5 Å². The summed E-state index contributed by atoms with van der Waals surface area (Å²) < 4.78 is 30.0. The van der Waals surface area contributed by atoms with Gasteiger partial charge in [-0.1, -0.05) is 15.9 Å². The summed E-state index contributed by atoms with van der Waals surface area (Å²) in [6, 6.07) is 5.23. The smallest absolute Gasteiger partial charge is 0.272 e. The van der Waals surface area contributed by atoms with Gasteiger partial charge >= 0.3 is 0 Å². The Hall–Kier alpha value is -0.680. The van der Waals surface area contributed by atoms with Crippen molar-refractivity contribution in [2.75, 3.05) is 6.61 Å². The van der Waals surface area contributed by atoms with Crippen molar-refractivity contribution in [1.82, 2.24) is 0 Å². The molecule has 1 atom stereocenters. The van der Waals surface area contributed by atoms with E-state index in [-0.39, 0.29) is 6.04 Å². The highest BCUT2D eigenvalue weighted by Crippen LogP contribution is 2.24. The highest BCUT2D eigenvalue weighted by Gasteiger charge is 2.09. The molecule has 5 heteroatoms. The standard InChI is InChI=1S/C11H14BrF2NO/c1-7(15)4-8-5-9(12)2-3-10(8)16-6-11(13)14/h2-3,5,7,11H,4,6,15H2,1H3. The van der Waals surface area contributed by atoms with Crippen LogP contribution in [-0.2, 0) is 6.42 Å². The highest BCUT2D eigenvalue weighted by molar-refractivity contribution is 9.10. The van der Waals surface area contributed by atoms with Crippen molar-refractivity contribution in [2.24, 2.45) is 5.73 Å². The van der Waals surface area contributed by atoms with Gasteiger partial charge in [-0.15, -0.1) is 0 Å². The summed E-state index contributed by atoms with van der Waals surface area (Å²) in [5, 5.41) is 0. The fraction of sp³-hybridized carbons (Fsp3) is 0.455. The van der Waals surface area contributed by atoms with E-state index in [4.69, 9.17) is 10.5 Å². The molecule has 2 nitrogen and oxygen atoms in total. The first kappa shape index (κ1) is 13.4. The molecule has 16 heavy (non-hydrogen) atoms. The number of rotatable bonds is 5. The lowest BCUT2D eigenvalue weighted by molar-refractivity contribution is 0.0814. The molecular weight excluding hydrogens is 280 g/mol. The van der Waals surface area contributed by atoms with E-state index < -0.39 is 13.0 Å². The molecule has 0 heterocycles. The van der Waals surface area contributed by atoms with Gasteiger partial charge in [0.05, 0.1) is 0 Å². The second kappa shape index (κ2) is 6.15. The van der Waals surface area contributed by atoms with E-state index in [0.29, 0.717) is 12.2 Å². The van der Waals surface area contributed by atoms with Crippen LogP contribution < -0.4 is 10.5 Å².